The molecule has 1 saturated heterocycles. The van der Waals surface area contributed by atoms with Gasteiger partial charge in [-0.15, -0.1) is 11.8 Å². The van der Waals surface area contributed by atoms with Crippen LogP contribution in [0.1, 0.15) is 33.1 Å². The van der Waals surface area contributed by atoms with E-state index in [1.54, 1.807) is 26.0 Å². The first kappa shape index (κ1) is 16.7. The normalized spacial score (nSPS) is 17.9. The Morgan fingerprint density at radius 1 is 1.29 bits per heavy atom. The van der Waals surface area contributed by atoms with E-state index in [1.165, 1.54) is 22.3 Å². The summed E-state index contributed by atoms with van der Waals surface area (Å²) in [6.45, 7) is 4.65. The van der Waals surface area contributed by atoms with Crippen molar-refractivity contribution in [2.24, 2.45) is 0 Å². The highest BCUT2D eigenvalue weighted by Gasteiger charge is 2.26. The van der Waals surface area contributed by atoms with Crippen molar-refractivity contribution in [3.8, 4) is 0 Å². The highest BCUT2D eigenvalue weighted by Crippen LogP contribution is 2.24. The number of hydrogen-bond donors (Lipinski definition) is 1. The van der Waals surface area contributed by atoms with E-state index in [-0.39, 0.29) is 4.90 Å². The third-order valence-corrected chi connectivity index (χ3v) is 6.51. The summed E-state index contributed by atoms with van der Waals surface area (Å²) in [6, 6.07) is 3.30. The summed E-state index contributed by atoms with van der Waals surface area (Å²) in [5, 5.41) is 10.4. The first-order valence-electron chi connectivity index (χ1n) is 7.10. The zero-order valence-electron chi connectivity index (χ0n) is 12.4. The minimum Gasteiger partial charge on any atom is -0.390 e. The zero-order chi connectivity index (χ0) is 15.5. The fourth-order valence-electron chi connectivity index (χ4n) is 2.11. The summed E-state index contributed by atoms with van der Waals surface area (Å²) in [5.41, 5.74) is -0.773. The van der Waals surface area contributed by atoms with Crippen LogP contribution in [0.4, 0.5) is 0 Å². The topological polar surface area (TPSA) is 70.5 Å². The molecule has 0 amide bonds. The molecular weight excluding hydrogens is 308 g/mol. The van der Waals surface area contributed by atoms with Crippen molar-refractivity contribution in [3.05, 3.63) is 18.3 Å². The molecule has 1 aliphatic heterocycles. The van der Waals surface area contributed by atoms with Gasteiger partial charge < -0.3 is 5.11 Å². The van der Waals surface area contributed by atoms with Crippen LogP contribution in [0.3, 0.4) is 0 Å². The minimum absolute atomic E-state index is 0.247. The average Bonchev–Trinajstić information content (AvgIpc) is 2.46. The van der Waals surface area contributed by atoms with E-state index in [1.807, 2.05) is 0 Å². The zero-order valence-corrected chi connectivity index (χ0v) is 14.1. The number of nitrogens with zero attached hydrogens (tertiary/aromatic N) is 2. The van der Waals surface area contributed by atoms with Crippen molar-refractivity contribution in [1.29, 1.82) is 0 Å². The lowest BCUT2D eigenvalue weighted by atomic mass is 10.2. The van der Waals surface area contributed by atoms with Crippen LogP contribution in [0.15, 0.2) is 28.3 Å². The van der Waals surface area contributed by atoms with Crippen molar-refractivity contribution in [3.63, 3.8) is 0 Å². The van der Waals surface area contributed by atoms with Gasteiger partial charge in [0.1, 0.15) is 4.90 Å². The van der Waals surface area contributed by atoms with Crippen molar-refractivity contribution in [1.82, 2.24) is 9.29 Å². The number of rotatable bonds is 5. The molecule has 1 aromatic heterocycles. The smallest absolute Gasteiger partial charge is 0.244 e. The first-order chi connectivity index (χ1) is 9.79. The van der Waals surface area contributed by atoms with Gasteiger partial charge in [-0.1, -0.05) is 6.42 Å². The minimum atomic E-state index is -3.41. The predicted molar refractivity (Wildman–Crippen MR) is 83.9 cm³/mol. The summed E-state index contributed by atoms with van der Waals surface area (Å²) >= 11 is 1.41. The Labute approximate surface area is 130 Å². The Balaban J connectivity index is 2.07. The molecule has 0 unspecified atom stereocenters. The number of piperidine rings is 1. The lowest BCUT2D eigenvalue weighted by Gasteiger charge is -2.25. The van der Waals surface area contributed by atoms with Crippen molar-refractivity contribution < 1.29 is 13.5 Å². The number of aromatic nitrogens is 1. The Morgan fingerprint density at radius 2 is 1.95 bits per heavy atom. The molecule has 7 heteroatoms. The van der Waals surface area contributed by atoms with Gasteiger partial charge in [-0.3, -0.25) is 0 Å². The molecule has 2 rings (SSSR count). The molecule has 0 radical (unpaired) electrons. The van der Waals surface area contributed by atoms with Crippen LogP contribution >= 0.6 is 11.8 Å². The third-order valence-electron chi connectivity index (χ3n) is 3.24. The van der Waals surface area contributed by atoms with Crippen LogP contribution in [0.25, 0.3) is 0 Å². The van der Waals surface area contributed by atoms with E-state index in [0.29, 0.717) is 18.8 Å². The standard InChI is InChI=1S/C14H22N2O3S2/c1-14(2,17)11-20-13-7-6-12(10-15-13)21(18,19)16-8-4-3-5-9-16/h6-7,10,17H,3-5,8-9,11H2,1-2H3. The largest absolute Gasteiger partial charge is 0.390 e. The van der Waals surface area contributed by atoms with Crippen LogP contribution in [-0.2, 0) is 10.0 Å². The molecule has 1 N–H and O–H groups in total. The number of hydrogen-bond acceptors (Lipinski definition) is 5. The molecular formula is C14H22N2O3S2. The second-order valence-electron chi connectivity index (χ2n) is 5.90. The number of sulfonamides is 1. The van der Waals surface area contributed by atoms with Gasteiger partial charge in [0, 0.05) is 25.0 Å². The molecule has 0 spiro atoms. The summed E-state index contributed by atoms with van der Waals surface area (Å²) < 4.78 is 26.4. The average molecular weight is 330 g/mol. The van der Waals surface area contributed by atoms with Crippen LogP contribution in [0.2, 0.25) is 0 Å². The molecule has 0 aromatic carbocycles. The van der Waals surface area contributed by atoms with Crippen molar-refractivity contribution in [2.45, 2.75) is 48.6 Å². The molecule has 0 bridgehead atoms. The molecule has 0 aliphatic carbocycles. The fourth-order valence-corrected chi connectivity index (χ4v) is 4.37. The Kier molecular flexibility index (Phi) is 5.29. The lowest BCUT2D eigenvalue weighted by molar-refractivity contribution is 0.107. The van der Waals surface area contributed by atoms with Gasteiger partial charge in [0.15, 0.2) is 0 Å². The van der Waals surface area contributed by atoms with Gasteiger partial charge in [-0.2, -0.15) is 4.31 Å². The molecule has 0 atom stereocenters. The highest BCUT2D eigenvalue weighted by molar-refractivity contribution is 7.99. The van der Waals surface area contributed by atoms with Crippen LogP contribution < -0.4 is 0 Å². The maximum absolute atomic E-state index is 12.5. The molecule has 5 nitrogen and oxygen atoms in total. The molecule has 1 aliphatic rings. The molecule has 118 valence electrons. The number of aliphatic hydroxyl groups is 1. The van der Waals surface area contributed by atoms with Crippen molar-refractivity contribution >= 4 is 21.8 Å². The van der Waals surface area contributed by atoms with E-state index in [2.05, 4.69) is 4.98 Å². The summed E-state index contributed by atoms with van der Waals surface area (Å²) in [7, 11) is -3.41. The quantitative estimate of drug-likeness (QED) is 0.838. The summed E-state index contributed by atoms with van der Waals surface area (Å²) in [4.78, 5) is 4.44. The maximum Gasteiger partial charge on any atom is 0.244 e. The Hall–Kier alpha value is -0.630. The van der Waals surface area contributed by atoms with Crippen LogP contribution in [-0.4, -0.2) is 47.3 Å². The maximum atomic E-state index is 12.5. The van der Waals surface area contributed by atoms with E-state index < -0.39 is 15.6 Å². The second-order valence-corrected chi connectivity index (χ2v) is 8.83. The second kappa shape index (κ2) is 6.64. The first-order valence-corrected chi connectivity index (χ1v) is 9.53. The summed E-state index contributed by atoms with van der Waals surface area (Å²) in [6.07, 6.45) is 4.35. The molecule has 21 heavy (non-hydrogen) atoms. The monoisotopic (exact) mass is 330 g/mol. The van der Waals surface area contributed by atoms with E-state index in [0.717, 1.165) is 24.3 Å². The number of thioether (sulfide) groups is 1. The Morgan fingerprint density at radius 3 is 2.48 bits per heavy atom. The SMILES string of the molecule is CC(C)(O)CSc1ccc(S(=O)(=O)N2CCCCC2)cn1. The lowest BCUT2D eigenvalue weighted by Crippen LogP contribution is -2.35. The molecule has 1 aromatic rings. The predicted octanol–water partition coefficient (Wildman–Crippen LogP) is 2.12. The van der Waals surface area contributed by atoms with E-state index >= 15 is 0 Å². The number of pyridine rings is 1. The van der Waals surface area contributed by atoms with Crippen LogP contribution in [0, 0.1) is 0 Å². The molecule has 0 saturated carbocycles. The summed E-state index contributed by atoms with van der Waals surface area (Å²) in [5.74, 6) is 0.512. The van der Waals surface area contributed by atoms with E-state index in [4.69, 9.17) is 0 Å². The van der Waals surface area contributed by atoms with Gasteiger partial charge in [0.2, 0.25) is 10.0 Å². The van der Waals surface area contributed by atoms with Gasteiger partial charge in [-0.05, 0) is 38.8 Å². The van der Waals surface area contributed by atoms with Gasteiger partial charge >= 0.3 is 0 Å². The molecule has 2 heterocycles. The van der Waals surface area contributed by atoms with Crippen molar-refractivity contribution in [2.75, 3.05) is 18.8 Å². The van der Waals surface area contributed by atoms with Gasteiger partial charge in [-0.25, -0.2) is 13.4 Å². The molecule has 1 fully saturated rings. The van der Waals surface area contributed by atoms with Gasteiger partial charge in [0.25, 0.3) is 0 Å². The fraction of sp³-hybridized carbons (Fsp3) is 0.643. The van der Waals surface area contributed by atoms with E-state index in [9.17, 15) is 13.5 Å². The third kappa shape index (κ3) is 4.67. The highest BCUT2D eigenvalue weighted by atomic mass is 32.2. The Bertz CT molecular complexity index is 559. The van der Waals surface area contributed by atoms with Gasteiger partial charge in [0.05, 0.1) is 10.6 Å². The van der Waals surface area contributed by atoms with Crippen LogP contribution in [0.5, 0.6) is 0 Å².